The largest absolute Gasteiger partial charge is 0.395 e. The van der Waals surface area contributed by atoms with Crippen LogP contribution < -0.4 is 0 Å². The number of aliphatic hydroxyl groups excluding tert-OH is 1. The smallest absolute Gasteiger partial charge is 0.194 e. The SMILES string of the molecule is OCCN(Cc1cc(F)c(F)c(F)c1)C1CC1. The van der Waals surface area contributed by atoms with Gasteiger partial charge in [-0.15, -0.1) is 0 Å². The van der Waals surface area contributed by atoms with Gasteiger partial charge in [-0.05, 0) is 30.5 Å². The molecule has 0 amide bonds. The predicted octanol–water partition coefficient (Wildman–Crippen LogP) is 2.06. The maximum absolute atomic E-state index is 13.0. The lowest BCUT2D eigenvalue weighted by molar-refractivity contribution is 0.183. The van der Waals surface area contributed by atoms with Crippen molar-refractivity contribution in [1.82, 2.24) is 4.90 Å². The second-order valence-corrected chi connectivity index (χ2v) is 4.30. The monoisotopic (exact) mass is 245 g/mol. The molecule has 5 heteroatoms. The molecule has 0 saturated heterocycles. The molecule has 17 heavy (non-hydrogen) atoms. The second kappa shape index (κ2) is 5.06. The first kappa shape index (κ1) is 12.4. The summed E-state index contributed by atoms with van der Waals surface area (Å²) < 4.78 is 38.8. The molecular weight excluding hydrogens is 231 g/mol. The van der Waals surface area contributed by atoms with Crippen molar-refractivity contribution in [3.8, 4) is 0 Å². The van der Waals surface area contributed by atoms with Gasteiger partial charge in [0.05, 0.1) is 6.61 Å². The molecule has 0 atom stereocenters. The van der Waals surface area contributed by atoms with Crippen molar-refractivity contribution in [2.75, 3.05) is 13.2 Å². The molecule has 1 aliphatic carbocycles. The van der Waals surface area contributed by atoms with Gasteiger partial charge in [0.1, 0.15) is 0 Å². The summed E-state index contributed by atoms with van der Waals surface area (Å²) in [6.45, 7) is 0.799. The van der Waals surface area contributed by atoms with Gasteiger partial charge in [0.15, 0.2) is 17.5 Å². The van der Waals surface area contributed by atoms with Crippen molar-refractivity contribution in [2.24, 2.45) is 0 Å². The fourth-order valence-electron chi connectivity index (χ4n) is 1.89. The van der Waals surface area contributed by atoms with Crippen LogP contribution in [0, 0.1) is 17.5 Å². The van der Waals surface area contributed by atoms with Crippen LogP contribution in [0.3, 0.4) is 0 Å². The van der Waals surface area contributed by atoms with Crippen molar-refractivity contribution in [2.45, 2.75) is 25.4 Å². The van der Waals surface area contributed by atoms with E-state index in [9.17, 15) is 13.2 Å². The third kappa shape index (κ3) is 2.98. The Balaban J connectivity index is 2.11. The molecule has 1 aromatic rings. The first-order chi connectivity index (χ1) is 8.11. The van der Waals surface area contributed by atoms with Gasteiger partial charge in [-0.1, -0.05) is 0 Å². The highest BCUT2D eigenvalue weighted by Gasteiger charge is 2.28. The lowest BCUT2D eigenvalue weighted by Gasteiger charge is -2.20. The lowest BCUT2D eigenvalue weighted by atomic mass is 10.2. The summed E-state index contributed by atoms with van der Waals surface area (Å²) in [5.74, 6) is -3.77. The summed E-state index contributed by atoms with van der Waals surface area (Å²) in [5, 5.41) is 8.89. The van der Waals surface area contributed by atoms with Crippen LogP contribution in [0.1, 0.15) is 18.4 Å². The zero-order chi connectivity index (χ0) is 12.4. The van der Waals surface area contributed by atoms with Crippen LogP contribution in [-0.2, 0) is 6.54 Å². The highest BCUT2D eigenvalue weighted by molar-refractivity contribution is 5.19. The van der Waals surface area contributed by atoms with Crippen molar-refractivity contribution in [1.29, 1.82) is 0 Å². The van der Waals surface area contributed by atoms with Gasteiger partial charge >= 0.3 is 0 Å². The van der Waals surface area contributed by atoms with Crippen molar-refractivity contribution < 1.29 is 18.3 Å². The Labute approximate surface area is 97.7 Å². The topological polar surface area (TPSA) is 23.5 Å². The standard InChI is InChI=1S/C12H14F3NO/c13-10-5-8(6-11(14)12(10)15)7-16(3-4-17)9-1-2-9/h5-6,9,17H,1-4,7H2. The minimum absolute atomic E-state index is 0.00264. The van der Waals surface area contributed by atoms with E-state index in [1.807, 2.05) is 4.90 Å². The fraction of sp³-hybridized carbons (Fsp3) is 0.500. The van der Waals surface area contributed by atoms with E-state index in [0.29, 0.717) is 24.7 Å². The molecule has 0 unspecified atom stereocenters. The summed E-state index contributed by atoms with van der Waals surface area (Å²) in [6, 6.07) is 2.38. The predicted molar refractivity (Wildman–Crippen MR) is 56.8 cm³/mol. The van der Waals surface area contributed by atoms with Crippen molar-refractivity contribution in [3.63, 3.8) is 0 Å². The van der Waals surface area contributed by atoms with E-state index in [2.05, 4.69) is 0 Å². The van der Waals surface area contributed by atoms with E-state index in [1.165, 1.54) is 0 Å². The number of rotatable bonds is 5. The van der Waals surface area contributed by atoms with Gasteiger partial charge in [-0.2, -0.15) is 0 Å². The molecule has 1 fully saturated rings. The Morgan fingerprint density at radius 3 is 2.24 bits per heavy atom. The number of nitrogens with zero attached hydrogens (tertiary/aromatic N) is 1. The van der Waals surface area contributed by atoms with Gasteiger partial charge in [0.2, 0.25) is 0 Å². The van der Waals surface area contributed by atoms with Crippen LogP contribution in [0.2, 0.25) is 0 Å². The summed E-state index contributed by atoms with van der Waals surface area (Å²) in [4.78, 5) is 1.95. The molecule has 0 bridgehead atoms. The van der Waals surface area contributed by atoms with E-state index in [1.54, 1.807) is 0 Å². The van der Waals surface area contributed by atoms with Crippen LogP contribution in [0.4, 0.5) is 13.2 Å². The van der Waals surface area contributed by atoms with Gasteiger partial charge in [0.25, 0.3) is 0 Å². The molecule has 0 heterocycles. The van der Waals surface area contributed by atoms with E-state index in [0.717, 1.165) is 25.0 Å². The molecule has 0 aliphatic heterocycles. The minimum Gasteiger partial charge on any atom is -0.395 e. The number of aliphatic hydroxyl groups is 1. The normalized spacial score (nSPS) is 15.6. The Bertz CT molecular complexity index is 384. The number of halogens is 3. The zero-order valence-corrected chi connectivity index (χ0v) is 9.30. The summed E-state index contributed by atoms with van der Waals surface area (Å²) >= 11 is 0. The number of hydrogen-bond acceptors (Lipinski definition) is 2. The number of hydrogen-bond donors (Lipinski definition) is 1. The maximum Gasteiger partial charge on any atom is 0.194 e. The first-order valence-corrected chi connectivity index (χ1v) is 5.60. The zero-order valence-electron chi connectivity index (χ0n) is 9.30. The van der Waals surface area contributed by atoms with E-state index >= 15 is 0 Å². The highest BCUT2D eigenvalue weighted by Crippen LogP contribution is 2.28. The summed E-state index contributed by atoms with van der Waals surface area (Å²) in [7, 11) is 0. The molecule has 1 N–H and O–H groups in total. The van der Waals surface area contributed by atoms with Crippen LogP contribution in [-0.4, -0.2) is 29.2 Å². The molecule has 2 rings (SSSR count). The fourth-order valence-corrected chi connectivity index (χ4v) is 1.89. The summed E-state index contributed by atoms with van der Waals surface area (Å²) in [5.41, 5.74) is 0.391. The van der Waals surface area contributed by atoms with E-state index in [-0.39, 0.29) is 6.61 Å². The average Bonchev–Trinajstić information content (AvgIpc) is 3.09. The van der Waals surface area contributed by atoms with Gasteiger partial charge in [-0.3, -0.25) is 4.90 Å². The number of benzene rings is 1. The molecule has 1 aliphatic rings. The molecule has 0 spiro atoms. The molecule has 0 aromatic heterocycles. The summed E-state index contributed by atoms with van der Waals surface area (Å²) in [6.07, 6.45) is 2.07. The molecule has 0 radical (unpaired) electrons. The highest BCUT2D eigenvalue weighted by atomic mass is 19.2. The first-order valence-electron chi connectivity index (χ1n) is 5.60. The van der Waals surface area contributed by atoms with Crippen molar-refractivity contribution >= 4 is 0 Å². The van der Waals surface area contributed by atoms with Gasteiger partial charge in [-0.25, -0.2) is 13.2 Å². The Hall–Kier alpha value is -1.07. The van der Waals surface area contributed by atoms with Crippen LogP contribution in [0.25, 0.3) is 0 Å². The molecule has 94 valence electrons. The quantitative estimate of drug-likeness (QED) is 0.803. The van der Waals surface area contributed by atoms with Gasteiger partial charge in [0, 0.05) is 19.1 Å². The van der Waals surface area contributed by atoms with Crippen LogP contribution in [0.5, 0.6) is 0 Å². The molecular formula is C12H14F3NO. The Morgan fingerprint density at radius 2 is 1.76 bits per heavy atom. The van der Waals surface area contributed by atoms with Gasteiger partial charge < -0.3 is 5.11 Å². The third-order valence-electron chi connectivity index (χ3n) is 2.88. The van der Waals surface area contributed by atoms with Crippen LogP contribution in [0.15, 0.2) is 12.1 Å². The molecule has 1 aromatic carbocycles. The third-order valence-corrected chi connectivity index (χ3v) is 2.88. The molecule has 2 nitrogen and oxygen atoms in total. The molecule has 1 saturated carbocycles. The Morgan fingerprint density at radius 1 is 1.18 bits per heavy atom. The van der Waals surface area contributed by atoms with E-state index < -0.39 is 17.5 Å². The van der Waals surface area contributed by atoms with Crippen molar-refractivity contribution in [3.05, 3.63) is 35.1 Å². The maximum atomic E-state index is 13.0. The second-order valence-electron chi connectivity index (χ2n) is 4.30. The lowest BCUT2D eigenvalue weighted by Crippen LogP contribution is -2.28. The average molecular weight is 245 g/mol. The minimum atomic E-state index is -1.44. The van der Waals surface area contributed by atoms with E-state index in [4.69, 9.17) is 5.11 Å². The van der Waals surface area contributed by atoms with Crippen LogP contribution >= 0.6 is 0 Å². The Kier molecular flexibility index (Phi) is 3.69.